The SMILES string of the molecule is CC(=O)c1cccc(NC(=O)C(C)Sc2nc3ccccc3c(=O)n2CCCOC(C)C)c1. The molecule has 33 heavy (non-hydrogen) atoms. The number of carbonyl (C=O) groups is 2. The molecule has 1 amide bonds. The molecule has 1 heterocycles. The molecular formula is C25H29N3O4S. The van der Waals surface area contributed by atoms with Crippen molar-refractivity contribution in [3.8, 4) is 0 Å². The van der Waals surface area contributed by atoms with Gasteiger partial charge in [-0.3, -0.25) is 19.0 Å². The van der Waals surface area contributed by atoms with Crippen molar-refractivity contribution >= 4 is 40.0 Å². The fourth-order valence-corrected chi connectivity index (χ4v) is 4.18. The molecule has 0 fully saturated rings. The molecule has 7 nitrogen and oxygen atoms in total. The van der Waals surface area contributed by atoms with Gasteiger partial charge < -0.3 is 10.1 Å². The van der Waals surface area contributed by atoms with E-state index >= 15 is 0 Å². The van der Waals surface area contributed by atoms with Gasteiger partial charge in [0.15, 0.2) is 10.9 Å². The highest BCUT2D eigenvalue weighted by Gasteiger charge is 2.20. The number of nitrogens with one attached hydrogen (secondary N) is 1. The van der Waals surface area contributed by atoms with Crippen molar-refractivity contribution in [1.29, 1.82) is 0 Å². The standard InChI is InChI=1S/C25H29N3O4S/c1-16(2)32-14-8-13-28-24(31)21-11-5-6-12-22(21)27-25(28)33-18(4)23(30)26-20-10-7-9-19(15-20)17(3)29/h5-7,9-12,15-16,18H,8,13-14H2,1-4H3,(H,26,30). The van der Waals surface area contributed by atoms with Gasteiger partial charge in [-0.05, 0) is 58.4 Å². The number of para-hydroxylation sites is 1. The number of anilines is 1. The summed E-state index contributed by atoms with van der Waals surface area (Å²) >= 11 is 1.23. The summed E-state index contributed by atoms with van der Waals surface area (Å²) in [5.74, 6) is -0.308. The predicted molar refractivity (Wildman–Crippen MR) is 132 cm³/mol. The molecule has 0 spiro atoms. The number of aromatic nitrogens is 2. The van der Waals surface area contributed by atoms with Crippen LogP contribution in [0.25, 0.3) is 10.9 Å². The van der Waals surface area contributed by atoms with E-state index in [-0.39, 0.29) is 23.4 Å². The van der Waals surface area contributed by atoms with Crippen molar-refractivity contribution in [1.82, 2.24) is 9.55 Å². The van der Waals surface area contributed by atoms with E-state index in [9.17, 15) is 14.4 Å². The number of nitrogens with zero attached hydrogens (tertiary/aromatic N) is 2. The van der Waals surface area contributed by atoms with Gasteiger partial charge in [-0.25, -0.2) is 4.98 Å². The van der Waals surface area contributed by atoms with Gasteiger partial charge >= 0.3 is 0 Å². The largest absolute Gasteiger partial charge is 0.379 e. The monoisotopic (exact) mass is 467 g/mol. The highest BCUT2D eigenvalue weighted by Crippen LogP contribution is 2.24. The van der Waals surface area contributed by atoms with Gasteiger partial charge in [-0.2, -0.15) is 0 Å². The fraction of sp³-hybridized carbons (Fsp3) is 0.360. The average Bonchev–Trinajstić information content (AvgIpc) is 2.78. The second kappa shape index (κ2) is 11.2. The van der Waals surface area contributed by atoms with Crippen molar-refractivity contribution in [3.63, 3.8) is 0 Å². The van der Waals surface area contributed by atoms with Crippen LogP contribution in [-0.2, 0) is 16.1 Å². The Morgan fingerprint density at radius 1 is 1.12 bits per heavy atom. The number of ketones is 1. The first kappa shape index (κ1) is 24.7. The third-order valence-electron chi connectivity index (χ3n) is 4.99. The summed E-state index contributed by atoms with van der Waals surface area (Å²) in [6.45, 7) is 8.16. The molecule has 0 saturated heterocycles. The Bertz CT molecular complexity index is 1210. The molecule has 3 aromatic rings. The Labute approximate surface area is 197 Å². The van der Waals surface area contributed by atoms with Crippen LogP contribution >= 0.6 is 11.8 Å². The van der Waals surface area contributed by atoms with Crippen molar-refractivity contribution in [2.75, 3.05) is 11.9 Å². The van der Waals surface area contributed by atoms with E-state index < -0.39 is 5.25 Å². The number of carbonyl (C=O) groups excluding carboxylic acids is 2. The van der Waals surface area contributed by atoms with E-state index in [1.165, 1.54) is 18.7 Å². The molecule has 3 rings (SSSR count). The maximum atomic E-state index is 13.2. The number of fused-ring (bicyclic) bond motifs is 1. The lowest BCUT2D eigenvalue weighted by molar-refractivity contribution is -0.115. The Kier molecular flexibility index (Phi) is 8.41. The third kappa shape index (κ3) is 6.52. The maximum Gasteiger partial charge on any atom is 0.262 e. The lowest BCUT2D eigenvalue weighted by Gasteiger charge is -2.17. The summed E-state index contributed by atoms with van der Waals surface area (Å²) in [6, 6.07) is 14.0. The van der Waals surface area contributed by atoms with Crippen LogP contribution in [0.15, 0.2) is 58.5 Å². The number of rotatable bonds is 10. The van der Waals surface area contributed by atoms with Gasteiger partial charge in [0.1, 0.15) is 0 Å². The number of hydrogen-bond acceptors (Lipinski definition) is 6. The number of benzene rings is 2. The van der Waals surface area contributed by atoms with Crippen molar-refractivity contribution in [2.45, 2.75) is 57.2 Å². The number of ether oxygens (including phenoxy) is 1. The summed E-state index contributed by atoms with van der Waals surface area (Å²) in [5, 5.41) is 3.36. The van der Waals surface area contributed by atoms with Gasteiger partial charge in [0, 0.05) is 24.4 Å². The van der Waals surface area contributed by atoms with Crippen LogP contribution in [0.2, 0.25) is 0 Å². The normalized spacial score (nSPS) is 12.2. The Hall–Kier alpha value is -2.97. The van der Waals surface area contributed by atoms with Crippen LogP contribution in [0.5, 0.6) is 0 Å². The van der Waals surface area contributed by atoms with E-state index in [1.807, 2.05) is 26.0 Å². The number of Topliss-reactive ketones (excluding diaryl/α,β-unsaturated/α-hetero) is 1. The smallest absolute Gasteiger partial charge is 0.262 e. The van der Waals surface area contributed by atoms with Crippen LogP contribution < -0.4 is 10.9 Å². The molecule has 2 aromatic carbocycles. The quantitative estimate of drug-likeness (QED) is 0.204. The van der Waals surface area contributed by atoms with E-state index in [1.54, 1.807) is 47.9 Å². The highest BCUT2D eigenvalue weighted by atomic mass is 32.2. The summed E-state index contributed by atoms with van der Waals surface area (Å²) in [4.78, 5) is 42.3. The van der Waals surface area contributed by atoms with E-state index in [0.717, 1.165) is 0 Å². The number of amides is 1. The molecule has 174 valence electrons. The summed E-state index contributed by atoms with van der Waals surface area (Å²) in [6.07, 6.45) is 0.778. The molecule has 0 aliphatic carbocycles. The van der Waals surface area contributed by atoms with Crippen LogP contribution in [0, 0.1) is 0 Å². The lowest BCUT2D eigenvalue weighted by Crippen LogP contribution is -2.27. The molecule has 1 atom stereocenters. The zero-order valence-electron chi connectivity index (χ0n) is 19.3. The minimum absolute atomic E-state index is 0.0700. The zero-order chi connectivity index (χ0) is 24.0. The third-order valence-corrected chi connectivity index (χ3v) is 6.08. The van der Waals surface area contributed by atoms with Crippen LogP contribution in [0.3, 0.4) is 0 Å². The van der Waals surface area contributed by atoms with E-state index in [2.05, 4.69) is 10.3 Å². The molecule has 0 aliphatic heterocycles. The molecule has 1 unspecified atom stereocenters. The predicted octanol–water partition coefficient (Wildman–Crippen LogP) is 4.53. The van der Waals surface area contributed by atoms with Crippen LogP contribution in [-0.4, -0.2) is 39.2 Å². The van der Waals surface area contributed by atoms with Gasteiger partial charge in [0.05, 0.1) is 22.3 Å². The minimum Gasteiger partial charge on any atom is -0.379 e. The van der Waals surface area contributed by atoms with Gasteiger partial charge in [0.2, 0.25) is 5.91 Å². The summed E-state index contributed by atoms with van der Waals surface area (Å²) < 4.78 is 7.23. The zero-order valence-corrected chi connectivity index (χ0v) is 20.1. The van der Waals surface area contributed by atoms with E-state index in [0.29, 0.717) is 46.9 Å². The topological polar surface area (TPSA) is 90.3 Å². The van der Waals surface area contributed by atoms with Crippen LogP contribution in [0.1, 0.15) is 44.5 Å². The first-order valence-electron chi connectivity index (χ1n) is 11.0. The van der Waals surface area contributed by atoms with Gasteiger partial charge in [0.25, 0.3) is 5.56 Å². The molecule has 1 aromatic heterocycles. The van der Waals surface area contributed by atoms with Gasteiger partial charge in [-0.15, -0.1) is 0 Å². The molecule has 0 saturated carbocycles. The second-order valence-electron chi connectivity index (χ2n) is 8.03. The van der Waals surface area contributed by atoms with Gasteiger partial charge in [-0.1, -0.05) is 36.0 Å². The minimum atomic E-state index is -0.516. The molecule has 8 heteroatoms. The Morgan fingerprint density at radius 3 is 2.61 bits per heavy atom. The lowest BCUT2D eigenvalue weighted by atomic mass is 10.1. The number of thioether (sulfide) groups is 1. The average molecular weight is 468 g/mol. The molecule has 0 bridgehead atoms. The molecule has 0 radical (unpaired) electrons. The van der Waals surface area contributed by atoms with Crippen LogP contribution in [0.4, 0.5) is 5.69 Å². The summed E-state index contributed by atoms with van der Waals surface area (Å²) in [5.41, 5.74) is 1.55. The molecular weight excluding hydrogens is 438 g/mol. The first-order valence-corrected chi connectivity index (χ1v) is 11.8. The Morgan fingerprint density at radius 2 is 1.88 bits per heavy atom. The van der Waals surface area contributed by atoms with Crippen molar-refractivity contribution in [3.05, 3.63) is 64.4 Å². The van der Waals surface area contributed by atoms with Crippen molar-refractivity contribution < 1.29 is 14.3 Å². The summed E-state index contributed by atoms with van der Waals surface area (Å²) in [7, 11) is 0. The van der Waals surface area contributed by atoms with E-state index in [4.69, 9.17) is 4.74 Å². The first-order chi connectivity index (χ1) is 15.8. The highest BCUT2D eigenvalue weighted by molar-refractivity contribution is 8.00. The Balaban J connectivity index is 1.81. The molecule has 1 N–H and O–H groups in total. The fourth-order valence-electron chi connectivity index (χ4n) is 3.25. The number of hydrogen-bond donors (Lipinski definition) is 1. The second-order valence-corrected chi connectivity index (χ2v) is 9.34. The van der Waals surface area contributed by atoms with Crippen molar-refractivity contribution in [2.24, 2.45) is 0 Å². The maximum absolute atomic E-state index is 13.2. The molecule has 0 aliphatic rings.